The Hall–Kier alpha value is -0.870. The Morgan fingerprint density at radius 2 is 2.33 bits per heavy atom. The predicted octanol–water partition coefficient (Wildman–Crippen LogP) is 1.24. The standard InChI is InChI=1S/C11H19N3O/c1-15-9-8-14-6-3-10(4-7-14)11-2-5-12-13-11/h2,5,10H,3-4,6-9H2,1H3,(H,12,13). The van der Waals surface area contributed by atoms with Crippen molar-refractivity contribution < 1.29 is 4.74 Å². The number of hydrogen-bond donors (Lipinski definition) is 1. The van der Waals surface area contributed by atoms with Gasteiger partial charge in [-0.05, 0) is 32.0 Å². The van der Waals surface area contributed by atoms with E-state index in [0.29, 0.717) is 5.92 Å². The van der Waals surface area contributed by atoms with Crippen molar-refractivity contribution in [2.75, 3.05) is 33.4 Å². The molecule has 0 unspecified atom stereocenters. The lowest BCUT2D eigenvalue weighted by molar-refractivity contribution is 0.130. The molecule has 1 aromatic rings. The van der Waals surface area contributed by atoms with Gasteiger partial charge in [0.05, 0.1) is 6.61 Å². The molecule has 0 amide bonds. The molecule has 0 saturated carbocycles. The molecule has 0 aliphatic carbocycles. The van der Waals surface area contributed by atoms with E-state index in [4.69, 9.17) is 4.74 Å². The number of aromatic amines is 1. The van der Waals surface area contributed by atoms with E-state index in [9.17, 15) is 0 Å². The van der Waals surface area contributed by atoms with E-state index < -0.39 is 0 Å². The third-order valence-electron chi connectivity index (χ3n) is 3.16. The molecule has 1 saturated heterocycles. The van der Waals surface area contributed by atoms with Crippen molar-refractivity contribution in [2.45, 2.75) is 18.8 Å². The molecule has 4 nitrogen and oxygen atoms in total. The van der Waals surface area contributed by atoms with Crippen LogP contribution in [0.15, 0.2) is 12.3 Å². The van der Waals surface area contributed by atoms with Crippen LogP contribution in [0.4, 0.5) is 0 Å². The van der Waals surface area contributed by atoms with Gasteiger partial charge in [0.2, 0.25) is 0 Å². The lowest BCUT2D eigenvalue weighted by Gasteiger charge is -2.31. The van der Waals surface area contributed by atoms with Gasteiger partial charge in [-0.3, -0.25) is 5.10 Å². The molecule has 1 N–H and O–H groups in total. The van der Waals surface area contributed by atoms with E-state index in [1.54, 1.807) is 7.11 Å². The van der Waals surface area contributed by atoms with Crippen LogP contribution in [0, 0.1) is 0 Å². The summed E-state index contributed by atoms with van der Waals surface area (Å²) in [6.07, 6.45) is 4.30. The van der Waals surface area contributed by atoms with Crippen molar-refractivity contribution in [3.05, 3.63) is 18.0 Å². The van der Waals surface area contributed by atoms with Crippen molar-refractivity contribution in [3.8, 4) is 0 Å². The Bertz CT molecular complexity index is 265. The largest absolute Gasteiger partial charge is 0.383 e. The molecule has 0 atom stereocenters. The van der Waals surface area contributed by atoms with Gasteiger partial charge in [0.1, 0.15) is 0 Å². The zero-order valence-corrected chi connectivity index (χ0v) is 9.28. The molecule has 0 aromatic carbocycles. The van der Waals surface area contributed by atoms with E-state index in [2.05, 4.69) is 21.2 Å². The van der Waals surface area contributed by atoms with Crippen LogP contribution in [0.1, 0.15) is 24.5 Å². The summed E-state index contributed by atoms with van der Waals surface area (Å²) in [4.78, 5) is 2.47. The lowest BCUT2D eigenvalue weighted by atomic mass is 9.94. The molecule has 0 radical (unpaired) electrons. The predicted molar refractivity (Wildman–Crippen MR) is 58.9 cm³/mol. The molecule has 0 spiro atoms. The number of likely N-dealkylation sites (tertiary alicyclic amines) is 1. The molecule has 84 valence electrons. The average Bonchev–Trinajstić information content (AvgIpc) is 2.80. The number of rotatable bonds is 4. The Kier molecular flexibility index (Phi) is 3.75. The lowest BCUT2D eigenvalue weighted by Crippen LogP contribution is -2.35. The summed E-state index contributed by atoms with van der Waals surface area (Å²) >= 11 is 0. The van der Waals surface area contributed by atoms with Crippen LogP contribution in [0.2, 0.25) is 0 Å². The first-order valence-corrected chi connectivity index (χ1v) is 5.60. The molecule has 2 rings (SSSR count). The van der Waals surface area contributed by atoms with E-state index >= 15 is 0 Å². The van der Waals surface area contributed by atoms with Crippen LogP contribution < -0.4 is 0 Å². The Balaban J connectivity index is 1.77. The number of piperidine rings is 1. The van der Waals surface area contributed by atoms with E-state index in [1.165, 1.54) is 31.6 Å². The fraction of sp³-hybridized carbons (Fsp3) is 0.727. The van der Waals surface area contributed by atoms with E-state index in [-0.39, 0.29) is 0 Å². The number of hydrogen-bond acceptors (Lipinski definition) is 3. The van der Waals surface area contributed by atoms with Crippen molar-refractivity contribution in [1.29, 1.82) is 0 Å². The van der Waals surface area contributed by atoms with Gasteiger partial charge in [0.25, 0.3) is 0 Å². The maximum absolute atomic E-state index is 5.09. The second-order valence-corrected chi connectivity index (χ2v) is 4.12. The number of H-pyrrole nitrogens is 1. The van der Waals surface area contributed by atoms with Crippen molar-refractivity contribution in [1.82, 2.24) is 15.1 Å². The highest BCUT2D eigenvalue weighted by molar-refractivity contribution is 5.06. The fourth-order valence-electron chi connectivity index (χ4n) is 2.18. The van der Waals surface area contributed by atoms with Crippen molar-refractivity contribution in [3.63, 3.8) is 0 Å². The van der Waals surface area contributed by atoms with Gasteiger partial charge < -0.3 is 9.64 Å². The van der Waals surface area contributed by atoms with Gasteiger partial charge in [-0.1, -0.05) is 0 Å². The Morgan fingerprint density at radius 3 is 2.93 bits per heavy atom. The highest BCUT2D eigenvalue weighted by atomic mass is 16.5. The fourth-order valence-corrected chi connectivity index (χ4v) is 2.18. The molecule has 1 aliphatic rings. The summed E-state index contributed by atoms with van der Waals surface area (Å²) in [5, 5.41) is 7.08. The summed E-state index contributed by atoms with van der Waals surface area (Å²) in [6, 6.07) is 2.09. The second kappa shape index (κ2) is 5.28. The van der Waals surface area contributed by atoms with Gasteiger partial charge >= 0.3 is 0 Å². The summed E-state index contributed by atoms with van der Waals surface area (Å²) in [6.45, 7) is 4.25. The van der Waals surface area contributed by atoms with Crippen LogP contribution in [-0.4, -0.2) is 48.4 Å². The topological polar surface area (TPSA) is 41.1 Å². The molecule has 1 fully saturated rings. The molecule has 0 bridgehead atoms. The summed E-state index contributed by atoms with van der Waals surface area (Å²) in [5.74, 6) is 0.672. The van der Waals surface area contributed by atoms with Gasteiger partial charge in [-0.2, -0.15) is 5.10 Å². The van der Waals surface area contributed by atoms with Crippen molar-refractivity contribution >= 4 is 0 Å². The smallest absolute Gasteiger partial charge is 0.0589 e. The summed E-state index contributed by atoms with van der Waals surface area (Å²) < 4.78 is 5.09. The van der Waals surface area contributed by atoms with E-state index in [1.807, 2.05) is 6.20 Å². The van der Waals surface area contributed by atoms with Gasteiger partial charge in [0.15, 0.2) is 0 Å². The van der Waals surface area contributed by atoms with Crippen LogP contribution in [0.25, 0.3) is 0 Å². The summed E-state index contributed by atoms with van der Waals surface area (Å²) in [5.41, 5.74) is 1.29. The Morgan fingerprint density at radius 1 is 1.53 bits per heavy atom. The number of aromatic nitrogens is 2. The first-order valence-electron chi connectivity index (χ1n) is 5.60. The van der Waals surface area contributed by atoms with E-state index in [0.717, 1.165) is 13.2 Å². The second-order valence-electron chi connectivity index (χ2n) is 4.12. The molecule has 2 heterocycles. The minimum absolute atomic E-state index is 0.672. The SMILES string of the molecule is COCCN1CCC(c2ccn[nH]2)CC1. The molecule has 1 aromatic heterocycles. The summed E-state index contributed by atoms with van der Waals surface area (Å²) in [7, 11) is 1.76. The zero-order chi connectivity index (χ0) is 10.5. The van der Waals surface area contributed by atoms with Crippen LogP contribution in [0.5, 0.6) is 0 Å². The minimum Gasteiger partial charge on any atom is -0.383 e. The molecular weight excluding hydrogens is 190 g/mol. The molecule has 1 aliphatic heterocycles. The van der Waals surface area contributed by atoms with Crippen LogP contribution in [-0.2, 0) is 4.74 Å². The molecular formula is C11H19N3O. The van der Waals surface area contributed by atoms with Gasteiger partial charge in [-0.25, -0.2) is 0 Å². The number of methoxy groups -OCH3 is 1. The Labute approximate surface area is 90.6 Å². The highest BCUT2D eigenvalue weighted by Crippen LogP contribution is 2.25. The van der Waals surface area contributed by atoms with Gasteiger partial charge in [-0.15, -0.1) is 0 Å². The first kappa shape index (κ1) is 10.6. The van der Waals surface area contributed by atoms with Gasteiger partial charge in [0, 0.05) is 31.5 Å². The highest BCUT2D eigenvalue weighted by Gasteiger charge is 2.20. The maximum Gasteiger partial charge on any atom is 0.0589 e. The van der Waals surface area contributed by atoms with Crippen LogP contribution in [0.3, 0.4) is 0 Å². The number of ether oxygens (including phenoxy) is 1. The zero-order valence-electron chi connectivity index (χ0n) is 9.28. The minimum atomic E-state index is 0.672. The van der Waals surface area contributed by atoms with Crippen molar-refractivity contribution in [2.24, 2.45) is 0 Å². The first-order chi connectivity index (χ1) is 7.40. The third kappa shape index (κ3) is 2.79. The van der Waals surface area contributed by atoms with Crippen LogP contribution >= 0.6 is 0 Å². The quantitative estimate of drug-likeness (QED) is 0.811. The number of nitrogens with zero attached hydrogens (tertiary/aromatic N) is 2. The molecule has 15 heavy (non-hydrogen) atoms. The maximum atomic E-state index is 5.09. The normalized spacial score (nSPS) is 19.5. The third-order valence-corrected chi connectivity index (χ3v) is 3.16. The monoisotopic (exact) mass is 209 g/mol. The number of nitrogens with one attached hydrogen (secondary N) is 1. The molecule has 4 heteroatoms. The average molecular weight is 209 g/mol.